The van der Waals surface area contributed by atoms with Crippen LogP contribution in [0.2, 0.25) is 0 Å². The number of sulfonamides is 1. The normalized spacial score (nSPS) is 11.2. The summed E-state index contributed by atoms with van der Waals surface area (Å²) < 4.78 is 44.0. The molecule has 1 amide bonds. The van der Waals surface area contributed by atoms with Gasteiger partial charge in [-0.05, 0) is 54.4 Å². The number of amides is 1. The first-order chi connectivity index (χ1) is 17.3. The van der Waals surface area contributed by atoms with E-state index in [1.165, 1.54) is 18.2 Å². The van der Waals surface area contributed by atoms with Crippen LogP contribution in [0, 0.1) is 6.92 Å². The molecular weight excluding hydrogens is 480 g/mol. The van der Waals surface area contributed by atoms with Crippen LogP contribution in [0.4, 0.5) is 0 Å². The number of nitrogens with two attached hydrogens (primary N) is 1. The zero-order chi connectivity index (χ0) is 25.7. The Balaban J connectivity index is 1.47. The Morgan fingerprint density at radius 3 is 2.36 bits per heavy atom. The first kappa shape index (κ1) is 25.0. The summed E-state index contributed by atoms with van der Waals surface area (Å²) in [4.78, 5) is 12.6. The van der Waals surface area contributed by atoms with Gasteiger partial charge in [0.05, 0.1) is 12.0 Å². The fourth-order valence-electron chi connectivity index (χ4n) is 3.57. The number of methoxy groups -OCH3 is 1. The number of carbonyl (C=O) groups excluding carboxylic acids is 1. The lowest BCUT2D eigenvalue weighted by Gasteiger charge is -2.12. The Kier molecular flexibility index (Phi) is 7.42. The van der Waals surface area contributed by atoms with Gasteiger partial charge in [-0.15, -0.1) is 0 Å². The average molecular weight is 507 g/mol. The van der Waals surface area contributed by atoms with Gasteiger partial charge in [-0.2, -0.15) is 0 Å². The number of nitrogens with one attached hydrogen (secondary N) is 1. The zero-order valence-electron chi connectivity index (χ0n) is 19.9. The van der Waals surface area contributed by atoms with Crippen LogP contribution in [0.5, 0.6) is 11.5 Å². The third-order valence-electron chi connectivity index (χ3n) is 5.61. The topological polar surface area (TPSA) is 121 Å². The Hall–Kier alpha value is -4.08. The number of para-hydroxylation sites is 1. The number of aryl methyl sites for hydroxylation is 1. The number of hydrogen-bond acceptors (Lipinski definition) is 7. The van der Waals surface area contributed by atoms with Gasteiger partial charge in [0.1, 0.15) is 23.9 Å². The minimum Gasteiger partial charge on any atom is -0.497 e. The van der Waals surface area contributed by atoms with Gasteiger partial charge in [0.15, 0.2) is 5.76 Å². The van der Waals surface area contributed by atoms with Gasteiger partial charge in [0.2, 0.25) is 0 Å². The van der Waals surface area contributed by atoms with E-state index < -0.39 is 15.9 Å². The van der Waals surface area contributed by atoms with Gasteiger partial charge < -0.3 is 19.6 Å². The Labute approximate surface area is 209 Å². The molecule has 0 saturated heterocycles. The molecule has 4 aromatic rings. The molecule has 3 aromatic carbocycles. The number of furan rings is 1. The molecule has 0 spiro atoms. The second-order valence-corrected chi connectivity index (χ2v) is 9.67. The number of benzene rings is 3. The van der Waals surface area contributed by atoms with E-state index in [0.29, 0.717) is 17.1 Å². The van der Waals surface area contributed by atoms with Crippen molar-refractivity contribution in [2.45, 2.75) is 25.0 Å². The summed E-state index contributed by atoms with van der Waals surface area (Å²) in [5.41, 5.74) is 8.80. The molecule has 3 N–H and O–H groups in total. The summed E-state index contributed by atoms with van der Waals surface area (Å²) in [6, 6.07) is 22.7. The van der Waals surface area contributed by atoms with Crippen LogP contribution in [0.25, 0.3) is 11.1 Å². The first-order valence-corrected chi connectivity index (χ1v) is 12.6. The molecule has 9 heteroatoms. The lowest BCUT2D eigenvalue weighted by molar-refractivity contribution is 0.0953. The standard InChI is InChI=1S/C27H26N2O6S/c1-18-21(17-34-25-6-4-3-5-24(25)20-9-11-22(33-2)12-10-20)15-26(35-18)27(30)29-36(31,32)23-13-7-19(16-28)8-14-23/h3-15H,16-17,28H2,1-2H3,(H,29,30). The molecule has 1 heterocycles. The molecule has 0 saturated carbocycles. The van der Waals surface area contributed by atoms with Crippen LogP contribution >= 0.6 is 0 Å². The van der Waals surface area contributed by atoms with Crippen molar-refractivity contribution in [3.8, 4) is 22.6 Å². The molecular formula is C27H26N2O6S. The maximum absolute atomic E-state index is 12.6. The predicted octanol–water partition coefficient (Wildman–Crippen LogP) is 4.42. The average Bonchev–Trinajstić information content (AvgIpc) is 3.28. The Bertz CT molecular complexity index is 1460. The molecule has 1 aromatic heterocycles. The zero-order valence-corrected chi connectivity index (χ0v) is 20.7. The van der Waals surface area contributed by atoms with Crippen molar-refractivity contribution in [1.82, 2.24) is 4.72 Å². The quantitative estimate of drug-likeness (QED) is 0.345. The van der Waals surface area contributed by atoms with E-state index >= 15 is 0 Å². The highest BCUT2D eigenvalue weighted by Gasteiger charge is 2.22. The highest BCUT2D eigenvalue weighted by molar-refractivity contribution is 7.90. The van der Waals surface area contributed by atoms with Gasteiger partial charge >= 0.3 is 5.91 Å². The van der Waals surface area contributed by atoms with Crippen LogP contribution in [0.1, 0.15) is 27.4 Å². The fraction of sp³-hybridized carbons (Fsp3) is 0.148. The maximum atomic E-state index is 12.6. The molecule has 0 unspecified atom stereocenters. The molecule has 0 atom stereocenters. The molecule has 0 aliphatic rings. The van der Waals surface area contributed by atoms with E-state index in [1.807, 2.05) is 53.3 Å². The Morgan fingerprint density at radius 1 is 1.00 bits per heavy atom. The molecule has 36 heavy (non-hydrogen) atoms. The van der Waals surface area contributed by atoms with Crippen molar-refractivity contribution in [2.75, 3.05) is 7.11 Å². The van der Waals surface area contributed by atoms with Gasteiger partial charge in [0.25, 0.3) is 10.0 Å². The van der Waals surface area contributed by atoms with E-state index in [-0.39, 0.29) is 23.8 Å². The largest absolute Gasteiger partial charge is 0.497 e. The third-order valence-corrected chi connectivity index (χ3v) is 6.96. The second-order valence-electron chi connectivity index (χ2n) is 7.99. The lowest BCUT2D eigenvalue weighted by Crippen LogP contribution is -2.30. The van der Waals surface area contributed by atoms with Crippen molar-refractivity contribution >= 4 is 15.9 Å². The van der Waals surface area contributed by atoms with Gasteiger partial charge in [0, 0.05) is 17.7 Å². The molecule has 4 rings (SSSR count). The summed E-state index contributed by atoms with van der Waals surface area (Å²) in [7, 11) is -2.46. The SMILES string of the molecule is COc1ccc(-c2ccccc2OCc2cc(C(=O)NS(=O)(=O)c3ccc(CN)cc3)oc2C)cc1. The minimum absolute atomic E-state index is 0.0463. The van der Waals surface area contributed by atoms with Crippen LogP contribution in [-0.2, 0) is 23.2 Å². The van der Waals surface area contributed by atoms with Crippen LogP contribution in [-0.4, -0.2) is 21.4 Å². The first-order valence-electron chi connectivity index (χ1n) is 11.1. The van der Waals surface area contributed by atoms with Gasteiger partial charge in [-0.1, -0.05) is 42.5 Å². The monoisotopic (exact) mass is 506 g/mol. The predicted molar refractivity (Wildman–Crippen MR) is 135 cm³/mol. The number of ether oxygens (including phenoxy) is 2. The number of rotatable bonds is 9. The molecule has 186 valence electrons. The van der Waals surface area contributed by atoms with E-state index in [9.17, 15) is 13.2 Å². The van der Waals surface area contributed by atoms with Crippen LogP contribution in [0.3, 0.4) is 0 Å². The summed E-state index contributed by atoms with van der Waals surface area (Å²) in [6.07, 6.45) is 0. The molecule has 0 bridgehead atoms. The van der Waals surface area contributed by atoms with E-state index in [1.54, 1.807) is 26.2 Å². The van der Waals surface area contributed by atoms with Crippen molar-refractivity contribution < 1.29 is 27.1 Å². The number of hydrogen-bond donors (Lipinski definition) is 2. The van der Waals surface area contributed by atoms with Crippen molar-refractivity contribution in [1.29, 1.82) is 0 Å². The smallest absolute Gasteiger partial charge is 0.300 e. The minimum atomic E-state index is -4.07. The summed E-state index contributed by atoms with van der Waals surface area (Å²) in [5, 5.41) is 0. The van der Waals surface area contributed by atoms with E-state index in [2.05, 4.69) is 0 Å². The fourth-order valence-corrected chi connectivity index (χ4v) is 4.52. The van der Waals surface area contributed by atoms with Crippen molar-refractivity contribution in [2.24, 2.45) is 5.73 Å². The van der Waals surface area contributed by atoms with Crippen molar-refractivity contribution in [3.63, 3.8) is 0 Å². The molecule has 8 nitrogen and oxygen atoms in total. The highest BCUT2D eigenvalue weighted by Crippen LogP contribution is 2.32. The molecule has 0 aliphatic carbocycles. The molecule has 0 radical (unpaired) electrons. The lowest BCUT2D eigenvalue weighted by atomic mass is 10.0. The molecule has 0 fully saturated rings. The number of carbonyl (C=O) groups is 1. The maximum Gasteiger partial charge on any atom is 0.300 e. The summed E-state index contributed by atoms with van der Waals surface area (Å²) >= 11 is 0. The highest BCUT2D eigenvalue weighted by atomic mass is 32.2. The van der Waals surface area contributed by atoms with E-state index in [4.69, 9.17) is 19.6 Å². The Morgan fingerprint density at radius 2 is 1.69 bits per heavy atom. The van der Waals surface area contributed by atoms with E-state index in [0.717, 1.165) is 22.4 Å². The van der Waals surface area contributed by atoms with Gasteiger partial charge in [-0.25, -0.2) is 13.1 Å². The van der Waals surface area contributed by atoms with Gasteiger partial charge in [-0.3, -0.25) is 4.79 Å². The van der Waals surface area contributed by atoms with Crippen LogP contribution < -0.4 is 19.9 Å². The molecule has 0 aliphatic heterocycles. The summed E-state index contributed by atoms with van der Waals surface area (Å²) in [6.45, 7) is 2.10. The summed E-state index contributed by atoms with van der Waals surface area (Å²) in [5.74, 6) is 0.860. The van der Waals surface area contributed by atoms with Crippen LogP contribution in [0.15, 0.2) is 88.2 Å². The van der Waals surface area contributed by atoms with Crippen molar-refractivity contribution in [3.05, 3.63) is 102 Å². The second kappa shape index (κ2) is 10.7. The third kappa shape index (κ3) is 5.59.